The van der Waals surface area contributed by atoms with Crippen molar-refractivity contribution in [2.75, 3.05) is 13.1 Å². The molecule has 2 fully saturated rings. The minimum Gasteiger partial charge on any atom is -0.425 e. The van der Waals surface area contributed by atoms with E-state index in [0.717, 1.165) is 18.7 Å². The molecule has 0 spiro atoms. The lowest BCUT2D eigenvalue weighted by Crippen LogP contribution is -2.38. The van der Waals surface area contributed by atoms with E-state index < -0.39 is 10.0 Å². The van der Waals surface area contributed by atoms with E-state index in [4.69, 9.17) is 4.42 Å². The van der Waals surface area contributed by atoms with E-state index in [0.29, 0.717) is 54.0 Å². The van der Waals surface area contributed by atoms with Crippen molar-refractivity contribution in [3.63, 3.8) is 0 Å². The number of sulfonamides is 1. The van der Waals surface area contributed by atoms with Gasteiger partial charge in [-0.1, -0.05) is 0 Å². The highest BCUT2D eigenvalue weighted by atomic mass is 32.2. The predicted octanol–water partition coefficient (Wildman–Crippen LogP) is 1.86. The zero-order valence-corrected chi connectivity index (χ0v) is 14.6. The molecule has 0 unspecified atom stereocenters. The molecule has 8 nitrogen and oxygen atoms in total. The molecule has 130 valence electrons. The fraction of sp³-hybridized carbons (Fsp3) is 0.667. The van der Waals surface area contributed by atoms with Crippen LogP contribution >= 0.6 is 0 Å². The topological polar surface area (TPSA) is 105 Å². The molecule has 9 heteroatoms. The van der Waals surface area contributed by atoms with E-state index in [-0.39, 0.29) is 5.92 Å². The fourth-order valence-electron chi connectivity index (χ4n) is 3.30. The number of aromatic nitrogens is 4. The Morgan fingerprint density at radius 2 is 1.62 bits per heavy atom. The van der Waals surface area contributed by atoms with Gasteiger partial charge in [-0.3, -0.25) is 5.10 Å². The highest BCUT2D eigenvalue weighted by molar-refractivity contribution is 7.89. The maximum Gasteiger partial charge on any atom is 0.246 e. The second kappa shape index (κ2) is 5.66. The van der Waals surface area contributed by atoms with Gasteiger partial charge in [0.15, 0.2) is 0 Å². The van der Waals surface area contributed by atoms with E-state index in [9.17, 15) is 8.42 Å². The number of rotatable bonds is 4. The zero-order valence-electron chi connectivity index (χ0n) is 13.8. The van der Waals surface area contributed by atoms with E-state index >= 15 is 0 Å². The van der Waals surface area contributed by atoms with Gasteiger partial charge in [0.05, 0.1) is 11.4 Å². The van der Waals surface area contributed by atoms with Crippen LogP contribution < -0.4 is 0 Å². The van der Waals surface area contributed by atoms with Crippen LogP contribution in [0.2, 0.25) is 0 Å². The summed E-state index contributed by atoms with van der Waals surface area (Å²) in [6.07, 6.45) is 3.65. The van der Waals surface area contributed by atoms with Crippen molar-refractivity contribution in [2.45, 2.75) is 56.3 Å². The Morgan fingerprint density at radius 1 is 1.04 bits per heavy atom. The molecule has 1 saturated carbocycles. The summed E-state index contributed by atoms with van der Waals surface area (Å²) in [7, 11) is -3.51. The number of nitrogens with zero attached hydrogens (tertiary/aromatic N) is 4. The van der Waals surface area contributed by atoms with Crippen LogP contribution in [-0.4, -0.2) is 46.2 Å². The molecule has 2 aromatic rings. The van der Waals surface area contributed by atoms with Crippen LogP contribution in [0.15, 0.2) is 9.31 Å². The fourth-order valence-corrected chi connectivity index (χ4v) is 5.10. The van der Waals surface area contributed by atoms with Gasteiger partial charge in [0, 0.05) is 24.9 Å². The van der Waals surface area contributed by atoms with Gasteiger partial charge in [-0.05, 0) is 39.5 Å². The molecule has 0 atom stereocenters. The van der Waals surface area contributed by atoms with Crippen molar-refractivity contribution in [1.82, 2.24) is 24.7 Å². The molecule has 0 amide bonds. The Labute approximate surface area is 140 Å². The molecule has 2 aromatic heterocycles. The van der Waals surface area contributed by atoms with Gasteiger partial charge < -0.3 is 4.42 Å². The number of hydrogen-bond acceptors (Lipinski definition) is 6. The van der Waals surface area contributed by atoms with Crippen molar-refractivity contribution in [3.05, 3.63) is 23.2 Å². The molecule has 0 aromatic carbocycles. The normalized spacial score (nSPS) is 20.6. The number of H-pyrrole nitrogens is 1. The first-order valence-corrected chi connectivity index (χ1v) is 9.76. The highest BCUT2D eigenvalue weighted by Crippen LogP contribution is 2.40. The number of aromatic amines is 1. The molecule has 4 rings (SSSR count). The molecule has 3 heterocycles. The quantitative estimate of drug-likeness (QED) is 0.901. The summed E-state index contributed by atoms with van der Waals surface area (Å²) in [4.78, 5) is 0.301. The maximum atomic E-state index is 12.8. The van der Waals surface area contributed by atoms with Crippen LogP contribution in [0, 0.1) is 13.8 Å². The molecular weight excluding hydrogens is 330 g/mol. The Morgan fingerprint density at radius 3 is 2.12 bits per heavy atom. The van der Waals surface area contributed by atoms with Crippen molar-refractivity contribution in [3.8, 4) is 0 Å². The maximum absolute atomic E-state index is 12.8. The van der Waals surface area contributed by atoms with Crippen LogP contribution in [0.3, 0.4) is 0 Å². The van der Waals surface area contributed by atoms with Crippen molar-refractivity contribution in [1.29, 1.82) is 0 Å². The van der Waals surface area contributed by atoms with Crippen molar-refractivity contribution < 1.29 is 12.8 Å². The van der Waals surface area contributed by atoms with Crippen LogP contribution in [0.25, 0.3) is 0 Å². The number of nitrogens with one attached hydrogen (secondary N) is 1. The van der Waals surface area contributed by atoms with Gasteiger partial charge >= 0.3 is 0 Å². The Bertz CT molecular complexity index is 825. The molecule has 1 aliphatic carbocycles. The van der Waals surface area contributed by atoms with Gasteiger partial charge in [-0.2, -0.15) is 9.40 Å². The lowest BCUT2D eigenvalue weighted by Gasteiger charge is -2.29. The number of aryl methyl sites for hydroxylation is 2. The molecular formula is C15H21N5O3S. The van der Waals surface area contributed by atoms with Gasteiger partial charge in [0.25, 0.3) is 0 Å². The summed E-state index contributed by atoms with van der Waals surface area (Å²) in [6.45, 7) is 4.36. The van der Waals surface area contributed by atoms with E-state index in [2.05, 4.69) is 20.4 Å². The van der Waals surface area contributed by atoms with Crippen LogP contribution in [0.4, 0.5) is 0 Å². The SMILES string of the molecule is Cc1n[nH]c(C)c1S(=O)(=O)N1CCC(c2nnc(C3CC3)o2)CC1. The second-order valence-corrected chi connectivity index (χ2v) is 8.57. The molecule has 24 heavy (non-hydrogen) atoms. The third kappa shape index (κ3) is 2.65. The van der Waals surface area contributed by atoms with Crippen molar-refractivity contribution >= 4 is 10.0 Å². The van der Waals surface area contributed by atoms with Gasteiger partial charge in [0.2, 0.25) is 21.8 Å². The number of piperidine rings is 1. The van der Waals surface area contributed by atoms with Crippen molar-refractivity contribution in [2.24, 2.45) is 0 Å². The average Bonchev–Trinajstić information content (AvgIpc) is 3.19. The lowest BCUT2D eigenvalue weighted by atomic mass is 9.98. The van der Waals surface area contributed by atoms with Gasteiger partial charge in [-0.25, -0.2) is 8.42 Å². The third-order valence-corrected chi connectivity index (χ3v) is 7.01. The first kappa shape index (κ1) is 15.8. The molecule has 1 N–H and O–H groups in total. The molecule has 0 bridgehead atoms. The summed E-state index contributed by atoms with van der Waals surface area (Å²) in [5, 5.41) is 15.0. The predicted molar refractivity (Wildman–Crippen MR) is 85.1 cm³/mol. The molecule has 2 aliphatic rings. The Balaban J connectivity index is 1.47. The van der Waals surface area contributed by atoms with E-state index in [1.807, 2.05) is 0 Å². The zero-order chi connectivity index (χ0) is 16.9. The van der Waals surface area contributed by atoms with E-state index in [1.165, 1.54) is 4.31 Å². The largest absolute Gasteiger partial charge is 0.425 e. The summed E-state index contributed by atoms with van der Waals surface area (Å²) in [5.74, 6) is 1.98. The molecule has 1 aliphatic heterocycles. The summed E-state index contributed by atoms with van der Waals surface area (Å²) in [5.41, 5.74) is 1.10. The van der Waals surface area contributed by atoms with Gasteiger partial charge in [-0.15, -0.1) is 10.2 Å². The van der Waals surface area contributed by atoms with Gasteiger partial charge in [0.1, 0.15) is 4.90 Å². The lowest BCUT2D eigenvalue weighted by molar-refractivity contribution is 0.286. The minimum atomic E-state index is -3.51. The Hall–Kier alpha value is -1.74. The Kier molecular flexibility index (Phi) is 3.72. The standard InChI is InChI=1S/C15H21N5O3S/c1-9-13(10(2)17-16-9)24(21,22)20-7-5-12(6-8-20)15-19-18-14(23-15)11-3-4-11/h11-12H,3-8H2,1-2H3,(H,16,17). The second-order valence-electron chi connectivity index (χ2n) is 6.69. The van der Waals surface area contributed by atoms with Crippen LogP contribution in [0.1, 0.15) is 60.7 Å². The van der Waals surface area contributed by atoms with Crippen LogP contribution in [-0.2, 0) is 10.0 Å². The summed E-state index contributed by atoms with van der Waals surface area (Å²) in [6, 6.07) is 0. The summed E-state index contributed by atoms with van der Waals surface area (Å²) < 4.78 is 33.0. The summed E-state index contributed by atoms with van der Waals surface area (Å²) >= 11 is 0. The highest BCUT2D eigenvalue weighted by Gasteiger charge is 2.35. The minimum absolute atomic E-state index is 0.142. The average molecular weight is 351 g/mol. The third-order valence-electron chi connectivity index (χ3n) is 4.84. The monoisotopic (exact) mass is 351 g/mol. The molecule has 0 radical (unpaired) electrons. The first-order valence-electron chi connectivity index (χ1n) is 8.32. The first-order chi connectivity index (χ1) is 11.5. The number of hydrogen-bond donors (Lipinski definition) is 1. The van der Waals surface area contributed by atoms with E-state index in [1.54, 1.807) is 13.8 Å². The smallest absolute Gasteiger partial charge is 0.246 e. The van der Waals surface area contributed by atoms with Crippen LogP contribution in [0.5, 0.6) is 0 Å². The molecule has 1 saturated heterocycles.